The van der Waals surface area contributed by atoms with Gasteiger partial charge in [-0.15, -0.1) is 0 Å². The third kappa shape index (κ3) is 3.62. The van der Waals surface area contributed by atoms with E-state index in [0.717, 1.165) is 27.8 Å². The van der Waals surface area contributed by atoms with Crippen LogP contribution in [0.4, 0.5) is 11.4 Å². The Morgan fingerprint density at radius 1 is 1.09 bits per heavy atom. The van der Waals surface area contributed by atoms with E-state index in [0.29, 0.717) is 17.4 Å². The lowest BCUT2D eigenvalue weighted by molar-refractivity contribution is 0.401. The highest BCUT2D eigenvalue weighted by Crippen LogP contribution is 2.38. The summed E-state index contributed by atoms with van der Waals surface area (Å²) in [7, 11) is -1.59. The Labute approximate surface area is 188 Å². The number of nitrogens with zero attached hydrogens (tertiary/aromatic N) is 2. The Hall–Kier alpha value is -3.32. The zero-order valence-electron chi connectivity index (χ0n) is 18.2. The average Bonchev–Trinajstić information content (AvgIpc) is 3.20. The molecule has 1 aliphatic carbocycles. The number of benzene rings is 2. The molecule has 1 saturated carbocycles. The standard InChI is InChI=1S/C25H26N4O2S/c1-17-15-26-25-23(24(17)28-32(30,31)21-12-4-3-5-13-21)22(16-27-25)18-8-6-11-20(14-18)29(2)19-9-7-10-19/h3-6,8,11-16,19H,7,9-10H2,1-2H3,(H2,26,27,28). The van der Waals surface area contributed by atoms with E-state index in [4.69, 9.17) is 0 Å². The number of aromatic nitrogens is 2. The maximum atomic E-state index is 13.1. The van der Waals surface area contributed by atoms with Gasteiger partial charge in [-0.2, -0.15) is 0 Å². The fourth-order valence-electron chi connectivity index (χ4n) is 4.22. The fourth-order valence-corrected chi connectivity index (χ4v) is 5.39. The van der Waals surface area contributed by atoms with Crippen molar-refractivity contribution >= 4 is 32.4 Å². The lowest BCUT2D eigenvalue weighted by Crippen LogP contribution is -2.37. The van der Waals surface area contributed by atoms with Gasteiger partial charge < -0.3 is 9.88 Å². The minimum atomic E-state index is -3.73. The van der Waals surface area contributed by atoms with Crippen LogP contribution in [0, 0.1) is 6.92 Å². The van der Waals surface area contributed by atoms with Crippen molar-refractivity contribution in [3.63, 3.8) is 0 Å². The molecule has 0 amide bonds. The van der Waals surface area contributed by atoms with E-state index in [1.807, 2.05) is 13.1 Å². The number of aromatic amines is 1. The molecule has 0 unspecified atom stereocenters. The van der Waals surface area contributed by atoms with Crippen molar-refractivity contribution < 1.29 is 8.42 Å². The molecule has 6 nitrogen and oxygen atoms in total. The molecule has 164 valence electrons. The van der Waals surface area contributed by atoms with Crippen LogP contribution in [0.5, 0.6) is 0 Å². The summed E-state index contributed by atoms with van der Waals surface area (Å²) in [6, 6.07) is 17.4. The highest BCUT2D eigenvalue weighted by molar-refractivity contribution is 7.92. The number of sulfonamides is 1. The van der Waals surface area contributed by atoms with Crippen molar-refractivity contribution in [2.45, 2.75) is 37.1 Å². The zero-order chi connectivity index (χ0) is 22.3. The second kappa shape index (κ2) is 7.98. The van der Waals surface area contributed by atoms with Gasteiger partial charge in [-0.3, -0.25) is 4.72 Å². The molecule has 7 heteroatoms. The number of rotatable bonds is 6. The summed E-state index contributed by atoms with van der Waals surface area (Å²) in [5.41, 5.74) is 5.06. The molecule has 1 aliphatic rings. The molecule has 5 rings (SSSR count). The molecule has 2 N–H and O–H groups in total. The molecule has 1 fully saturated rings. The molecule has 0 atom stereocenters. The molecule has 0 spiro atoms. The molecule has 0 aliphatic heterocycles. The Morgan fingerprint density at radius 3 is 2.59 bits per heavy atom. The van der Waals surface area contributed by atoms with E-state index in [-0.39, 0.29) is 4.90 Å². The first-order chi connectivity index (χ1) is 15.4. The largest absolute Gasteiger partial charge is 0.372 e. The van der Waals surface area contributed by atoms with Crippen molar-refractivity contribution in [1.82, 2.24) is 9.97 Å². The first-order valence-electron chi connectivity index (χ1n) is 10.8. The zero-order valence-corrected chi connectivity index (χ0v) is 19.0. The molecule has 2 heterocycles. The van der Waals surface area contributed by atoms with E-state index in [1.54, 1.807) is 36.5 Å². The maximum Gasteiger partial charge on any atom is 0.261 e. The Bertz CT molecular complexity index is 1380. The van der Waals surface area contributed by atoms with Crippen LogP contribution in [-0.4, -0.2) is 31.5 Å². The van der Waals surface area contributed by atoms with Gasteiger partial charge in [0.25, 0.3) is 10.0 Å². The topological polar surface area (TPSA) is 78.1 Å². The van der Waals surface area contributed by atoms with E-state index < -0.39 is 10.0 Å². The molecule has 0 bridgehead atoms. The molecule has 0 saturated heterocycles. The highest BCUT2D eigenvalue weighted by Gasteiger charge is 2.23. The van der Waals surface area contributed by atoms with Gasteiger partial charge in [-0.25, -0.2) is 13.4 Å². The number of aryl methyl sites for hydroxylation is 1. The molecular weight excluding hydrogens is 420 g/mol. The van der Waals surface area contributed by atoms with Gasteiger partial charge >= 0.3 is 0 Å². The molecule has 2 aromatic heterocycles. The van der Waals surface area contributed by atoms with Crippen molar-refractivity contribution in [3.8, 4) is 11.1 Å². The Kier molecular flexibility index (Phi) is 5.13. The van der Waals surface area contributed by atoms with E-state index in [9.17, 15) is 8.42 Å². The summed E-state index contributed by atoms with van der Waals surface area (Å²) >= 11 is 0. The Morgan fingerprint density at radius 2 is 1.88 bits per heavy atom. The predicted molar refractivity (Wildman–Crippen MR) is 130 cm³/mol. The number of anilines is 2. The minimum absolute atomic E-state index is 0.227. The quantitative estimate of drug-likeness (QED) is 0.420. The van der Waals surface area contributed by atoms with E-state index in [1.165, 1.54) is 19.3 Å². The van der Waals surface area contributed by atoms with Crippen LogP contribution in [0.25, 0.3) is 22.2 Å². The molecule has 2 aromatic carbocycles. The summed E-state index contributed by atoms with van der Waals surface area (Å²) in [5.74, 6) is 0. The first-order valence-corrected chi connectivity index (χ1v) is 12.3. The van der Waals surface area contributed by atoms with Crippen LogP contribution >= 0.6 is 0 Å². The monoisotopic (exact) mass is 446 g/mol. The smallest absolute Gasteiger partial charge is 0.261 e. The number of H-pyrrole nitrogens is 1. The normalized spacial score (nSPS) is 14.3. The summed E-state index contributed by atoms with van der Waals surface area (Å²) < 4.78 is 29.0. The van der Waals surface area contributed by atoms with Crippen LogP contribution in [0.15, 0.2) is 71.9 Å². The number of pyridine rings is 1. The summed E-state index contributed by atoms with van der Waals surface area (Å²) in [5, 5.41) is 0.771. The van der Waals surface area contributed by atoms with Crippen LogP contribution < -0.4 is 9.62 Å². The van der Waals surface area contributed by atoms with Gasteiger partial charge in [0.15, 0.2) is 0 Å². The fraction of sp³-hybridized carbons (Fsp3) is 0.240. The maximum absolute atomic E-state index is 13.1. The molecular formula is C25H26N4O2S. The summed E-state index contributed by atoms with van der Waals surface area (Å²) in [4.78, 5) is 10.3. The van der Waals surface area contributed by atoms with Crippen LogP contribution in [0.1, 0.15) is 24.8 Å². The van der Waals surface area contributed by atoms with Crippen molar-refractivity contribution in [2.24, 2.45) is 0 Å². The lowest BCUT2D eigenvalue weighted by Gasteiger charge is -2.36. The molecule has 32 heavy (non-hydrogen) atoms. The minimum Gasteiger partial charge on any atom is -0.372 e. The number of hydrogen-bond donors (Lipinski definition) is 2. The second-order valence-electron chi connectivity index (χ2n) is 8.41. The second-order valence-corrected chi connectivity index (χ2v) is 10.1. The van der Waals surface area contributed by atoms with Crippen molar-refractivity contribution in [1.29, 1.82) is 0 Å². The van der Waals surface area contributed by atoms with Gasteiger partial charge in [-0.05, 0) is 61.6 Å². The lowest BCUT2D eigenvalue weighted by atomic mass is 9.91. The van der Waals surface area contributed by atoms with Gasteiger partial charge in [0, 0.05) is 36.7 Å². The third-order valence-electron chi connectivity index (χ3n) is 6.37. The van der Waals surface area contributed by atoms with E-state index >= 15 is 0 Å². The van der Waals surface area contributed by atoms with Gasteiger partial charge in [0.1, 0.15) is 5.65 Å². The SMILES string of the molecule is Cc1cnc2[nH]cc(-c3cccc(N(C)C4CCC4)c3)c2c1NS(=O)(=O)c1ccccc1. The average molecular weight is 447 g/mol. The highest BCUT2D eigenvalue weighted by atomic mass is 32.2. The Balaban J connectivity index is 1.60. The van der Waals surface area contributed by atoms with Crippen LogP contribution in [0.3, 0.4) is 0 Å². The number of nitrogens with one attached hydrogen (secondary N) is 2. The molecule has 0 radical (unpaired) electrons. The van der Waals surface area contributed by atoms with Crippen molar-refractivity contribution in [3.05, 3.63) is 72.6 Å². The van der Waals surface area contributed by atoms with Gasteiger partial charge in [0.2, 0.25) is 0 Å². The number of fused-ring (bicyclic) bond motifs is 1. The summed E-state index contributed by atoms with van der Waals surface area (Å²) in [6.07, 6.45) is 7.32. The van der Waals surface area contributed by atoms with Crippen LogP contribution in [0.2, 0.25) is 0 Å². The van der Waals surface area contributed by atoms with Gasteiger partial charge in [0.05, 0.1) is 16.0 Å². The van der Waals surface area contributed by atoms with Gasteiger partial charge in [-0.1, -0.05) is 30.3 Å². The first kappa shape index (κ1) is 20.6. The number of hydrogen-bond acceptors (Lipinski definition) is 4. The third-order valence-corrected chi connectivity index (χ3v) is 7.73. The van der Waals surface area contributed by atoms with E-state index in [2.05, 4.69) is 50.9 Å². The molecule has 4 aromatic rings. The van der Waals surface area contributed by atoms with Crippen molar-refractivity contribution in [2.75, 3.05) is 16.7 Å². The summed E-state index contributed by atoms with van der Waals surface area (Å²) in [6.45, 7) is 1.87. The van der Waals surface area contributed by atoms with Crippen LogP contribution in [-0.2, 0) is 10.0 Å². The predicted octanol–water partition coefficient (Wildman–Crippen LogP) is 5.33.